The van der Waals surface area contributed by atoms with Gasteiger partial charge < -0.3 is 0 Å². The van der Waals surface area contributed by atoms with Gasteiger partial charge in [0.1, 0.15) is 0 Å². The summed E-state index contributed by atoms with van der Waals surface area (Å²) in [5, 5.41) is 2.08. The van der Waals surface area contributed by atoms with E-state index in [2.05, 4.69) is 73.9 Å². The second kappa shape index (κ2) is 6.30. The van der Waals surface area contributed by atoms with Crippen molar-refractivity contribution in [3.8, 4) is 0 Å². The van der Waals surface area contributed by atoms with Crippen LogP contribution in [0.4, 0.5) is 0 Å². The topological polar surface area (TPSA) is 38.0 Å². The molecule has 18 heavy (non-hydrogen) atoms. The highest BCUT2D eigenvalue weighted by Gasteiger charge is 2.16. The first-order valence-corrected chi connectivity index (χ1v) is 8.03. The lowest BCUT2D eigenvalue weighted by atomic mass is 10.0. The van der Waals surface area contributed by atoms with Crippen LogP contribution < -0.4 is 11.3 Å². The van der Waals surface area contributed by atoms with E-state index in [1.807, 2.05) is 0 Å². The predicted octanol–water partition coefficient (Wildman–Crippen LogP) is 4.33. The monoisotopic (exact) mass is 388 g/mol. The molecule has 0 fully saturated rings. The molecule has 2 aromatic rings. The molecule has 1 atom stereocenters. The van der Waals surface area contributed by atoms with Crippen molar-refractivity contribution < 1.29 is 0 Å². The number of aryl methyl sites for hydroxylation is 1. The standard InChI is InChI=1S/C13H14Br2N2S/c1-8-3-2-4-9(13(8)15)11(17-16)7-12-10(14)5-6-18-12/h2-6,11,17H,7,16H2,1H3. The van der Waals surface area contributed by atoms with Gasteiger partial charge in [0.25, 0.3) is 0 Å². The molecule has 2 rings (SSSR count). The fourth-order valence-electron chi connectivity index (χ4n) is 1.85. The molecule has 0 spiro atoms. The SMILES string of the molecule is Cc1cccc(C(Cc2sccc2Br)NN)c1Br. The molecule has 1 aromatic carbocycles. The Morgan fingerprint density at radius 1 is 1.33 bits per heavy atom. The zero-order valence-electron chi connectivity index (χ0n) is 9.91. The Balaban J connectivity index is 2.29. The van der Waals surface area contributed by atoms with Crippen LogP contribution in [0.1, 0.15) is 22.0 Å². The number of nitrogens with one attached hydrogen (secondary N) is 1. The quantitative estimate of drug-likeness (QED) is 0.603. The molecule has 0 saturated carbocycles. The van der Waals surface area contributed by atoms with Crippen molar-refractivity contribution in [2.24, 2.45) is 5.84 Å². The normalized spacial score (nSPS) is 12.7. The first-order valence-electron chi connectivity index (χ1n) is 5.56. The van der Waals surface area contributed by atoms with E-state index < -0.39 is 0 Å². The summed E-state index contributed by atoms with van der Waals surface area (Å²) in [5.41, 5.74) is 5.32. The maximum atomic E-state index is 5.71. The Hall–Kier alpha value is -0.200. The van der Waals surface area contributed by atoms with Crippen LogP contribution in [0.2, 0.25) is 0 Å². The van der Waals surface area contributed by atoms with Gasteiger partial charge in [0.05, 0.1) is 6.04 Å². The van der Waals surface area contributed by atoms with Gasteiger partial charge >= 0.3 is 0 Å². The molecule has 0 aliphatic heterocycles. The highest BCUT2D eigenvalue weighted by atomic mass is 79.9. The fourth-order valence-corrected chi connectivity index (χ4v) is 3.96. The summed E-state index contributed by atoms with van der Waals surface area (Å²) in [6.45, 7) is 2.09. The smallest absolute Gasteiger partial charge is 0.0519 e. The van der Waals surface area contributed by atoms with Crippen molar-refractivity contribution in [1.82, 2.24) is 5.43 Å². The molecule has 0 radical (unpaired) electrons. The average molecular weight is 390 g/mol. The molecule has 0 aliphatic carbocycles. The molecule has 0 bridgehead atoms. The number of nitrogens with two attached hydrogens (primary N) is 1. The maximum Gasteiger partial charge on any atom is 0.0519 e. The molecular weight excluding hydrogens is 376 g/mol. The summed E-state index contributed by atoms with van der Waals surface area (Å²) in [7, 11) is 0. The first kappa shape index (κ1) is 14.2. The summed E-state index contributed by atoms with van der Waals surface area (Å²) < 4.78 is 2.28. The molecule has 0 amide bonds. The van der Waals surface area contributed by atoms with Gasteiger partial charge in [-0.3, -0.25) is 11.3 Å². The zero-order valence-corrected chi connectivity index (χ0v) is 13.9. The third-order valence-electron chi connectivity index (χ3n) is 2.88. The third-order valence-corrected chi connectivity index (χ3v) is 5.91. The number of halogens is 2. The van der Waals surface area contributed by atoms with E-state index in [0.717, 1.165) is 15.4 Å². The van der Waals surface area contributed by atoms with Crippen LogP contribution in [0.15, 0.2) is 38.6 Å². The van der Waals surface area contributed by atoms with Crippen molar-refractivity contribution in [3.63, 3.8) is 0 Å². The number of hydrazine groups is 1. The van der Waals surface area contributed by atoms with Crippen molar-refractivity contribution in [3.05, 3.63) is 54.6 Å². The molecule has 3 N–H and O–H groups in total. The second-order valence-corrected chi connectivity index (χ2v) is 6.74. The largest absolute Gasteiger partial charge is 0.271 e. The van der Waals surface area contributed by atoms with E-state index in [4.69, 9.17) is 5.84 Å². The number of benzene rings is 1. The van der Waals surface area contributed by atoms with E-state index in [-0.39, 0.29) is 6.04 Å². The van der Waals surface area contributed by atoms with E-state index in [1.54, 1.807) is 11.3 Å². The van der Waals surface area contributed by atoms with Gasteiger partial charge in [-0.25, -0.2) is 0 Å². The van der Waals surface area contributed by atoms with Gasteiger partial charge in [0.15, 0.2) is 0 Å². The molecule has 96 valence electrons. The minimum absolute atomic E-state index is 0.106. The molecule has 0 aliphatic rings. The van der Waals surface area contributed by atoms with Gasteiger partial charge in [-0.05, 0) is 45.4 Å². The molecule has 1 aromatic heterocycles. The van der Waals surface area contributed by atoms with Crippen LogP contribution in [0.5, 0.6) is 0 Å². The maximum absolute atomic E-state index is 5.71. The van der Waals surface area contributed by atoms with Crippen LogP contribution in [-0.4, -0.2) is 0 Å². The Bertz CT molecular complexity index is 540. The molecule has 1 unspecified atom stereocenters. The predicted molar refractivity (Wildman–Crippen MR) is 84.7 cm³/mol. The second-order valence-electron chi connectivity index (χ2n) is 4.09. The number of hydrogen-bond donors (Lipinski definition) is 2. The molecule has 5 heteroatoms. The minimum atomic E-state index is 0.106. The Labute approximate surface area is 128 Å². The van der Waals surface area contributed by atoms with Gasteiger partial charge in [0, 0.05) is 20.2 Å². The van der Waals surface area contributed by atoms with Gasteiger partial charge in [-0.15, -0.1) is 11.3 Å². The van der Waals surface area contributed by atoms with Crippen molar-refractivity contribution in [1.29, 1.82) is 0 Å². The van der Waals surface area contributed by atoms with Crippen LogP contribution in [0.25, 0.3) is 0 Å². The van der Waals surface area contributed by atoms with Crippen LogP contribution in [0.3, 0.4) is 0 Å². The van der Waals surface area contributed by atoms with Crippen LogP contribution in [-0.2, 0) is 6.42 Å². The molecular formula is C13H14Br2N2S. The minimum Gasteiger partial charge on any atom is -0.271 e. The van der Waals surface area contributed by atoms with Crippen molar-refractivity contribution >= 4 is 43.2 Å². The van der Waals surface area contributed by atoms with Crippen molar-refractivity contribution in [2.75, 3.05) is 0 Å². The van der Waals surface area contributed by atoms with E-state index in [1.165, 1.54) is 16.0 Å². The van der Waals surface area contributed by atoms with E-state index >= 15 is 0 Å². The van der Waals surface area contributed by atoms with Gasteiger partial charge in [-0.2, -0.15) is 0 Å². The zero-order chi connectivity index (χ0) is 13.1. The Kier molecular flexibility index (Phi) is 4.98. The number of hydrogen-bond acceptors (Lipinski definition) is 3. The highest BCUT2D eigenvalue weighted by molar-refractivity contribution is 9.10. The lowest BCUT2D eigenvalue weighted by Crippen LogP contribution is -2.29. The summed E-state index contributed by atoms with van der Waals surface area (Å²) in [4.78, 5) is 1.30. The third kappa shape index (κ3) is 3.03. The Morgan fingerprint density at radius 3 is 2.72 bits per heavy atom. The molecule has 0 saturated heterocycles. The highest BCUT2D eigenvalue weighted by Crippen LogP contribution is 2.32. The Morgan fingerprint density at radius 2 is 2.11 bits per heavy atom. The summed E-state index contributed by atoms with van der Waals surface area (Å²) >= 11 is 8.94. The lowest BCUT2D eigenvalue weighted by molar-refractivity contribution is 0.552. The molecule has 2 nitrogen and oxygen atoms in total. The number of thiophene rings is 1. The van der Waals surface area contributed by atoms with Crippen LogP contribution in [0, 0.1) is 6.92 Å². The van der Waals surface area contributed by atoms with Gasteiger partial charge in [-0.1, -0.05) is 34.1 Å². The van der Waals surface area contributed by atoms with E-state index in [9.17, 15) is 0 Å². The molecule has 1 heterocycles. The van der Waals surface area contributed by atoms with Crippen LogP contribution >= 0.6 is 43.2 Å². The average Bonchev–Trinajstić information content (AvgIpc) is 2.76. The summed E-state index contributed by atoms with van der Waals surface area (Å²) in [6, 6.07) is 8.42. The summed E-state index contributed by atoms with van der Waals surface area (Å²) in [6.07, 6.45) is 0.872. The number of rotatable bonds is 4. The van der Waals surface area contributed by atoms with E-state index in [0.29, 0.717) is 0 Å². The fraction of sp³-hybridized carbons (Fsp3) is 0.231. The van der Waals surface area contributed by atoms with Gasteiger partial charge in [0.2, 0.25) is 0 Å². The first-order chi connectivity index (χ1) is 8.63. The van der Waals surface area contributed by atoms with Crippen molar-refractivity contribution in [2.45, 2.75) is 19.4 Å². The lowest BCUT2D eigenvalue weighted by Gasteiger charge is -2.18. The summed E-state index contributed by atoms with van der Waals surface area (Å²) in [5.74, 6) is 5.71.